The molecule has 0 atom stereocenters. The van der Waals surface area contributed by atoms with Crippen LogP contribution in [0.1, 0.15) is 67.2 Å². The molecule has 1 aliphatic rings. The second kappa shape index (κ2) is 12.8. The molecule has 0 aliphatic heterocycles. The zero-order valence-corrected chi connectivity index (χ0v) is 27.2. The van der Waals surface area contributed by atoms with Crippen molar-refractivity contribution in [1.29, 1.82) is 0 Å². The molecule has 1 aromatic carbocycles. The number of anilines is 2. The first-order valence-corrected chi connectivity index (χ1v) is 20.0. The van der Waals surface area contributed by atoms with Gasteiger partial charge in [0.15, 0.2) is 16.6 Å². The number of hydrogen-bond donors (Lipinski definition) is 2. The number of benzene rings is 1. The first-order valence-electron chi connectivity index (χ1n) is 14.1. The minimum Gasteiger partial charge on any atom is -0.415 e. The summed E-state index contributed by atoms with van der Waals surface area (Å²) in [5, 5.41) is 4.10. The summed E-state index contributed by atoms with van der Waals surface area (Å²) >= 11 is 0. The van der Waals surface area contributed by atoms with Crippen LogP contribution in [-0.4, -0.2) is 55.5 Å². The second-order valence-electron chi connectivity index (χ2n) is 13.9. The smallest absolute Gasteiger partial charge is 0.192 e. The lowest BCUT2D eigenvalue weighted by Gasteiger charge is -2.38. The van der Waals surface area contributed by atoms with Crippen molar-refractivity contribution in [2.45, 2.75) is 110 Å². The SMILES string of the molecule is CC(C)(C)[Si](C)(C)OCCN(CCO[Si](C)(C)C(C)(C)C)c1ccc(NC[C@H]2CC[C@H](N)CC2)cc1. The van der Waals surface area contributed by atoms with Crippen LogP contribution in [0, 0.1) is 5.92 Å². The average molecular weight is 536 g/mol. The lowest BCUT2D eigenvalue weighted by Crippen LogP contribution is -2.44. The van der Waals surface area contributed by atoms with E-state index < -0.39 is 16.6 Å². The molecule has 0 heterocycles. The van der Waals surface area contributed by atoms with Crippen LogP contribution in [0.15, 0.2) is 24.3 Å². The Morgan fingerprint density at radius 1 is 0.806 bits per heavy atom. The van der Waals surface area contributed by atoms with Crippen LogP contribution in [0.25, 0.3) is 0 Å². The van der Waals surface area contributed by atoms with Crippen molar-refractivity contribution >= 4 is 28.0 Å². The third-order valence-corrected chi connectivity index (χ3v) is 18.1. The molecule has 0 radical (unpaired) electrons. The lowest BCUT2D eigenvalue weighted by molar-refractivity contribution is 0.276. The Labute approximate surface area is 225 Å². The molecule has 1 saturated carbocycles. The molecule has 0 spiro atoms. The van der Waals surface area contributed by atoms with E-state index in [4.69, 9.17) is 14.6 Å². The van der Waals surface area contributed by atoms with E-state index in [-0.39, 0.29) is 10.1 Å². The van der Waals surface area contributed by atoms with Gasteiger partial charge in [0.1, 0.15) is 0 Å². The van der Waals surface area contributed by atoms with Gasteiger partial charge in [0.05, 0.1) is 13.2 Å². The molecule has 1 aromatic rings. The molecule has 0 bridgehead atoms. The summed E-state index contributed by atoms with van der Waals surface area (Å²) in [5.41, 5.74) is 8.51. The summed E-state index contributed by atoms with van der Waals surface area (Å²) in [7, 11) is -3.54. The van der Waals surface area contributed by atoms with Gasteiger partial charge in [0, 0.05) is 37.1 Å². The van der Waals surface area contributed by atoms with Gasteiger partial charge in [-0.25, -0.2) is 0 Å². The predicted octanol–water partition coefficient (Wildman–Crippen LogP) is 7.47. The molecule has 0 amide bonds. The Balaban J connectivity index is 2.00. The quantitative estimate of drug-likeness (QED) is 0.272. The van der Waals surface area contributed by atoms with E-state index in [1.165, 1.54) is 24.2 Å². The zero-order valence-electron chi connectivity index (χ0n) is 25.2. The third-order valence-electron chi connectivity index (χ3n) is 8.98. The van der Waals surface area contributed by atoms with Gasteiger partial charge in [0.2, 0.25) is 0 Å². The second-order valence-corrected chi connectivity index (χ2v) is 23.5. The van der Waals surface area contributed by atoms with Crippen molar-refractivity contribution in [2.24, 2.45) is 11.7 Å². The van der Waals surface area contributed by atoms with Crippen molar-refractivity contribution in [1.82, 2.24) is 0 Å². The molecular weight excluding hydrogens is 479 g/mol. The topological polar surface area (TPSA) is 59.8 Å². The number of nitrogens with zero attached hydrogens (tertiary/aromatic N) is 1. The molecule has 0 aromatic heterocycles. The van der Waals surface area contributed by atoms with Crippen molar-refractivity contribution < 1.29 is 8.85 Å². The maximum atomic E-state index is 6.53. The van der Waals surface area contributed by atoms with Gasteiger partial charge in [-0.15, -0.1) is 0 Å². The van der Waals surface area contributed by atoms with Gasteiger partial charge in [-0.3, -0.25) is 0 Å². The van der Waals surface area contributed by atoms with Gasteiger partial charge >= 0.3 is 0 Å². The van der Waals surface area contributed by atoms with Gasteiger partial charge in [0.25, 0.3) is 0 Å². The molecule has 36 heavy (non-hydrogen) atoms. The van der Waals surface area contributed by atoms with Crippen LogP contribution >= 0.6 is 0 Å². The highest BCUT2D eigenvalue weighted by Crippen LogP contribution is 2.37. The largest absolute Gasteiger partial charge is 0.415 e. The summed E-state index contributed by atoms with van der Waals surface area (Å²) in [6.07, 6.45) is 4.80. The predicted molar refractivity (Wildman–Crippen MR) is 163 cm³/mol. The fourth-order valence-electron chi connectivity index (χ4n) is 4.07. The van der Waals surface area contributed by atoms with Crippen molar-refractivity contribution in [3.63, 3.8) is 0 Å². The van der Waals surface area contributed by atoms with Gasteiger partial charge in [-0.2, -0.15) is 0 Å². The summed E-state index contributed by atoms with van der Waals surface area (Å²) in [4.78, 5) is 2.44. The Bertz CT molecular complexity index is 745. The molecule has 7 heteroatoms. The standard InChI is InChI=1S/C29H57N3O2Si2/c1-28(2,3)35(7,8)33-21-19-32(20-22-34-36(9,10)29(4,5)6)27-17-15-26(16-18-27)31-23-24-11-13-25(30)14-12-24/h15-18,24-25,31H,11-14,19-23,30H2,1-10H3/t24-,25-. The maximum Gasteiger partial charge on any atom is 0.192 e. The molecule has 5 nitrogen and oxygen atoms in total. The van der Waals surface area contributed by atoms with Gasteiger partial charge < -0.3 is 24.8 Å². The van der Waals surface area contributed by atoms with Crippen LogP contribution in [0.5, 0.6) is 0 Å². The van der Waals surface area contributed by atoms with Crippen LogP contribution in [-0.2, 0) is 8.85 Å². The third kappa shape index (κ3) is 9.46. The molecule has 208 valence electrons. The Morgan fingerprint density at radius 2 is 1.25 bits per heavy atom. The molecule has 2 rings (SSSR count). The van der Waals surface area contributed by atoms with Crippen molar-refractivity contribution in [2.75, 3.05) is 43.1 Å². The first-order chi connectivity index (χ1) is 16.5. The number of rotatable bonds is 12. The first kappa shape index (κ1) is 31.4. The van der Waals surface area contributed by atoms with E-state index in [9.17, 15) is 0 Å². The Kier molecular flexibility index (Phi) is 11.1. The van der Waals surface area contributed by atoms with Crippen molar-refractivity contribution in [3.8, 4) is 0 Å². The van der Waals surface area contributed by atoms with E-state index in [0.29, 0.717) is 6.04 Å². The van der Waals surface area contributed by atoms with Crippen molar-refractivity contribution in [3.05, 3.63) is 24.3 Å². The summed E-state index contributed by atoms with van der Waals surface area (Å²) in [5.74, 6) is 0.737. The van der Waals surface area contributed by atoms with Crippen LogP contribution < -0.4 is 16.0 Å². The zero-order chi connectivity index (χ0) is 27.2. The highest BCUT2D eigenvalue weighted by molar-refractivity contribution is 6.74. The summed E-state index contributed by atoms with van der Waals surface area (Å²) < 4.78 is 13.1. The molecule has 0 saturated heterocycles. The number of nitrogens with two attached hydrogens (primary N) is 1. The Morgan fingerprint density at radius 3 is 1.67 bits per heavy atom. The molecule has 1 aliphatic carbocycles. The van der Waals surface area contributed by atoms with E-state index >= 15 is 0 Å². The van der Waals surface area contributed by atoms with E-state index in [2.05, 4.69) is 102 Å². The fraction of sp³-hybridized carbons (Fsp3) is 0.793. The molecule has 0 unspecified atom stereocenters. The van der Waals surface area contributed by atoms with E-state index in [1.54, 1.807) is 0 Å². The highest BCUT2D eigenvalue weighted by Gasteiger charge is 2.38. The minimum atomic E-state index is -1.77. The van der Waals surface area contributed by atoms with Gasteiger partial charge in [-0.05, 0) is 92.1 Å². The van der Waals surface area contributed by atoms with Crippen LogP contribution in [0.4, 0.5) is 11.4 Å². The fourth-order valence-corrected chi connectivity index (χ4v) is 6.14. The van der Waals surface area contributed by atoms with Crippen LogP contribution in [0.2, 0.25) is 36.3 Å². The average Bonchev–Trinajstić information content (AvgIpc) is 2.76. The van der Waals surface area contributed by atoms with Crippen LogP contribution in [0.3, 0.4) is 0 Å². The molecular formula is C29H57N3O2Si2. The van der Waals surface area contributed by atoms with E-state index in [0.717, 1.165) is 51.6 Å². The van der Waals surface area contributed by atoms with Gasteiger partial charge in [-0.1, -0.05) is 41.5 Å². The lowest BCUT2D eigenvalue weighted by atomic mass is 9.86. The number of hydrogen-bond acceptors (Lipinski definition) is 5. The summed E-state index contributed by atoms with van der Waals surface area (Å²) in [6, 6.07) is 9.35. The maximum absolute atomic E-state index is 6.53. The Hall–Kier alpha value is -0.866. The van der Waals surface area contributed by atoms with E-state index in [1.807, 2.05) is 0 Å². The monoisotopic (exact) mass is 535 g/mol. The highest BCUT2D eigenvalue weighted by atomic mass is 28.4. The summed E-state index contributed by atoms with van der Waals surface area (Å²) in [6.45, 7) is 27.4. The molecule has 3 N–H and O–H groups in total. The number of nitrogens with one attached hydrogen (secondary N) is 1. The normalized spacial score (nSPS) is 19.9. The molecule has 1 fully saturated rings. The minimum absolute atomic E-state index is 0.222.